The molecule has 1 aromatic heterocycles. The SMILES string of the molecule is CCCNC(Cc1cn(C)nn1)CC1CCCCCC1. The lowest BCUT2D eigenvalue weighted by molar-refractivity contribution is 0.348. The summed E-state index contributed by atoms with van der Waals surface area (Å²) in [6, 6.07) is 0.565. The molecule has 1 unspecified atom stereocenters. The number of aromatic nitrogens is 3. The summed E-state index contributed by atoms with van der Waals surface area (Å²) in [6.45, 7) is 3.34. The standard InChI is InChI=1S/C16H30N4/c1-3-10-17-15(12-16-13-20(2)19-18-16)11-14-8-6-4-5-7-9-14/h13-15,17H,3-12H2,1-2H3. The molecular weight excluding hydrogens is 248 g/mol. The minimum atomic E-state index is 0.565. The van der Waals surface area contributed by atoms with Gasteiger partial charge >= 0.3 is 0 Å². The minimum absolute atomic E-state index is 0.565. The van der Waals surface area contributed by atoms with Crippen LogP contribution in [0.2, 0.25) is 0 Å². The molecule has 1 aliphatic rings. The van der Waals surface area contributed by atoms with E-state index in [0.29, 0.717) is 6.04 Å². The molecule has 1 N–H and O–H groups in total. The van der Waals surface area contributed by atoms with Gasteiger partial charge in [-0.1, -0.05) is 50.7 Å². The van der Waals surface area contributed by atoms with Crippen LogP contribution in [0, 0.1) is 5.92 Å². The Morgan fingerprint density at radius 1 is 1.30 bits per heavy atom. The lowest BCUT2D eigenvalue weighted by Gasteiger charge is -2.23. The fourth-order valence-corrected chi connectivity index (χ4v) is 3.33. The fraction of sp³-hybridized carbons (Fsp3) is 0.875. The molecular formula is C16H30N4. The van der Waals surface area contributed by atoms with E-state index in [2.05, 4.69) is 22.6 Å². The molecule has 1 saturated carbocycles. The molecule has 1 heterocycles. The molecule has 1 atom stereocenters. The van der Waals surface area contributed by atoms with Gasteiger partial charge in [0.25, 0.3) is 0 Å². The van der Waals surface area contributed by atoms with E-state index in [0.717, 1.165) is 24.6 Å². The molecule has 0 spiro atoms. The van der Waals surface area contributed by atoms with Crippen molar-refractivity contribution in [2.45, 2.75) is 70.8 Å². The van der Waals surface area contributed by atoms with E-state index in [4.69, 9.17) is 0 Å². The molecule has 1 aliphatic carbocycles. The molecule has 0 bridgehead atoms. The van der Waals surface area contributed by atoms with Crippen LogP contribution in [-0.2, 0) is 13.5 Å². The Labute approximate surface area is 123 Å². The van der Waals surface area contributed by atoms with Crippen LogP contribution in [-0.4, -0.2) is 27.6 Å². The van der Waals surface area contributed by atoms with Crippen LogP contribution in [0.15, 0.2) is 6.20 Å². The van der Waals surface area contributed by atoms with E-state index >= 15 is 0 Å². The first-order chi connectivity index (χ1) is 9.78. The molecule has 20 heavy (non-hydrogen) atoms. The number of hydrogen-bond donors (Lipinski definition) is 1. The molecule has 0 amide bonds. The van der Waals surface area contributed by atoms with Crippen molar-refractivity contribution in [3.63, 3.8) is 0 Å². The number of nitrogens with one attached hydrogen (secondary N) is 1. The van der Waals surface area contributed by atoms with Crippen molar-refractivity contribution in [2.24, 2.45) is 13.0 Å². The highest BCUT2D eigenvalue weighted by Crippen LogP contribution is 2.27. The zero-order valence-corrected chi connectivity index (χ0v) is 13.1. The molecule has 4 nitrogen and oxygen atoms in total. The Bertz CT molecular complexity index is 366. The van der Waals surface area contributed by atoms with E-state index in [9.17, 15) is 0 Å². The van der Waals surface area contributed by atoms with Crippen molar-refractivity contribution < 1.29 is 0 Å². The van der Waals surface area contributed by atoms with E-state index in [1.54, 1.807) is 4.68 Å². The number of rotatable bonds is 7. The lowest BCUT2D eigenvalue weighted by atomic mass is 9.91. The summed E-state index contributed by atoms with van der Waals surface area (Å²) in [5.41, 5.74) is 1.12. The monoisotopic (exact) mass is 278 g/mol. The maximum absolute atomic E-state index is 4.25. The maximum atomic E-state index is 4.25. The number of nitrogens with zero attached hydrogens (tertiary/aromatic N) is 3. The molecule has 1 fully saturated rings. The smallest absolute Gasteiger partial charge is 0.0842 e. The van der Waals surface area contributed by atoms with Gasteiger partial charge in [0.05, 0.1) is 5.69 Å². The lowest BCUT2D eigenvalue weighted by Crippen LogP contribution is -2.34. The summed E-state index contributed by atoms with van der Waals surface area (Å²) < 4.78 is 1.80. The third-order valence-electron chi connectivity index (χ3n) is 4.38. The van der Waals surface area contributed by atoms with E-state index < -0.39 is 0 Å². The van der Waals surface area contributed by atoms with Crippen LogP contribution in [0.1, 0.15) is 64.0 Å². The second-order valence-corrected chi connectivity index (χ2v) is 6.33. The van der Waals surface area contributed by atoms with Crippen LogP contribution in [0.4, 0.5) is 0 Å². The Morgan fingerprint density at radius 3 is 2.65 bits per heavy atom. The first kappa shape index (κ1) is 15.5. The molecule has 0 aromatic carbocycles. The first-order valence-electron chi connectivity index (χ1n) is 8.36. The zero-order valence-electron chi connectivity index (χ0n) is 13.1. The summed E-state index contributed by atoms with van der Waals surface area (Å²) in [5, 5.41) is 12.0. The Morgan fingerprint density at radius 2 is 2.05 bits per heavy atom. The fourth-order valence-electron chi connectivity index (χ4n) is 3.33. The van der Waals surface area contributed by atoms with Gasteiger partial charge in [0, 0.05) is 25.7 Å². The molecule has 2 rings (SSSR count). The highest BCUT2D eigenvalue weighted by atomic mass is 15.4. The second-order valence-electron chi connectivity index (χ2n) is 6.33. The Kier molecular flexibility index (Phi) is 6.51. The van der Waals surface area contributed by atoms with Gasteiger partial charge < -0.3 is 5.32 Å². The average molecular weight is 278 g/mol. The number of hydrogen-bond acceptors (Lipinski definition) is 3. The van der Waals surface area contributed by atoms with Gasteiger partial charge in [0.15, 0.2) is 0 Å². The van der Waals surface area contributed by atoms with Crippen molar-refractivity contribution in [3.8, 4) is 0 Å². The first-order valence-corrected chi connectivity index (χ1v) is 8.36. The molecule has 4 heteroatoms. The Hall–Kier alpha value is -0.900. The molecule has 0 aliphatic heterocycles. The van der Waals surface area contributed by atoms with Crippen LogP contribution in [0.3, 0.4) is 0 Å². The largest absolute Gasteiger partial charge is 0.314 e. The normalized spacial score (nSPS) is 18.9. The summed E-state index contributed by atoms with van der Waals surface area (Å²) in [7, 11) is 1.94. The van der Waals surface area contributed by atoms with Crippen LogP contribution < -0.4 is 5.32 Å². The molecule has 114 valence electrons. The highest BCUT2D eigenvalue weighted by Gasteiger charge is 2.19. The van der Waals surface area contributed by atoms with Gasteiger partial charge in [0.1, 0.15) is 0 Å². The van der Waals surface area contributed by atoms with Crippen molar-refractivity contribution in [1.29, 1.82) is 0 Å². The van der Waals surface area contributed by atoms with Gasteiger partial charge in [-0.25, -0.2) is 0 Å². The van der Waals surface area contributed by atoms with Crippen LogP contribution >= 0.6 is 0 Å². The summed E-state index contributed by atoms with van der Waals surface area (Å²) in [6.07, 6.45) is 14.1. The summed E-state index contributed by atoms with van der Waals surface area (Å²) in [5.74, 6) is 0.906. The van der Waals surface area contributed by atoms with E-state index in [1.165, 1.54) is 51.4 Å². The van der Waals surface area contributed by atoms with Gasteiger partial charge in [-0.15, -0.1) is 5.10 Å². The summed E-state index contributed by atoms with van der Waals surface area (Å²) >= 11 is 0. The van der Waals surface area contributed by atoms with Gasteiger partial charge in [0.2, 0.25) is 0 Å². The van der Waals surface area contributed by atoms with Crippen molar-refractivity contribution >= 4 is 0 Å². The predicted molar refractivity (Wildman–Crippen MR) is 82.6 cm³/mol. The molecule has 0 saturated heterocycles. The third kappa shape index (κ3) is 5.23. The summed E-state index contributed by atoms with van der Waals surface area (Å²) in [4.78, 5) is 0. The number of aryl methyl sites for hydroxylation is 1. The quantitative estimate of drug-likeness (QED) is 0.779. The second kappa shape index (κ2) is 8.40. The zero-order chi connectivity index (χ0) is 14.2. The van der Waals surface area contributed by atoms with E-state index in [1.807, 2.05) is 13.2 Å². The molecule has 0 radical (unpaired) electrons. The van der Waals surface area contributed by atoms with Gasteiger partial charge in [-0.05, 0) is 25.3 Å². The van der Waals surface area contributed by atoms with Crippen LogP contribution in [0.5, 0.6) is 0 Å². The van der Waals surface area contributed by atoms with E-state index in [-0.39, 0.29) is 0 Å². The van der Waals surface area contributed by atoms with Crippen molar-refractivity contribution in [3.05, 3.63) is 11.9 Å². The van der Waals surface area contributed by atoms with Crippen molar-refractivity contribution in [2.75, 3.05) is 6.54 Å². The van der Waals surface area contributed by atoms with Crippen molar-refractivity contribution in [1.82, 2.24) is 20.3 Å². The predicted octanol–water partition coefficient (Wildman–Crippen LogP) is 3.09. The topological polar surface area (TPSA) is 42.7 Å². The van der Waals surface area contributed by atoms with Crippen LogP contribution in [0.25, 0.3) is 0 Å². The maximum Gasteiger partial charge on any atom is 0.0842 e. The minimum Gasteiger partial charge on any atom is -0.314 e. The van der Waals surface area contributed by atoms with Gasteiger partial charge in [-0.2, -0.15) is 0 Å². The highest BCUT2D eigenvalue weighted by molar-refractivity contribution is 4.96. The molecule has 1 aromatic rings. The Balaban J connectivity index is 1.88. The third-order valence-corrected chi connectivity index (χ3v) is 4.38. The average Bonchev–Trinajstić information content (AvgIpc) is 2.69. The van der Waals surface area contributed by atoms with Gasteiger partial charge in [-0.3, -0.25) is 4.68 Å².